The highest BCUT2D eigenvalue weighted by molar-refractivity contribution is 6.29. The summed E-state index contributed by atoms with van der Waals surface area (Å²) in [6.07, 6.45) is 6.60. The van der Waals surface area contributed by atoms with Gasteiger partial charge in [0.2, 0.25) is 0 Å². The highest BCUT2D eigenvalue weighted by Gasteiger charge is 2.38. The van der Waals surface area contributed by atoms with E-state index < -0.39 is 6.10 Å². The van der Waals surface area contributed by atoms with Gasteiger partial charge in [0.1, 0.15) is 18.5 Å². The Bertz CT molecular complexity index is 1520. The van der Waals surface area contributed by atoms with Crippen molar-refractivity contribution in [2.24, 2.45) is 4.99 Å². The van der Waals surface area contributed by atoms with Gasteiger partial charge in [0.15, 0.2) is 5.78 Å². The van der Waals surface area contributed by atoms with Crippen LogP contribution in [0.4, 0.5) is 5.69 Å². The van der Waals surface area contributed by atoms with Crippen molar-refractivity contribution in [3.63, 3.8) is 0 Å². The number of Topliss-reactive ketones (excluding diaryl/α,β-unsaturated/α-hetero) is 1. The van der Waals surface area contributed by atoms with Gasteiger partial charge < -0.3 is 20.1 Å². The number of aryl methyl sites for hydroxylation is 2. The molecular formula is C34H38N4O5. The first-order chi connectivity index (χ1) is 20.8. The van der Waals surface area contributed by atoms with Gasteiger partial charge in [-0.1, -0.05) is 23.8 Å². The second-order valence-corrected chi connectivity index (χ2v) is 11.9. The average molecular weight is 583 g/mol. The lowest BCUT2D eigenvalue weighted by Gasteiger charge is -2.18. The number of aliphatic hydroxyl groups is 1. The predicted molar refractivity (Wildman–Crippen MR) is 165 cm³/mol. The summed E-state index contributed by atoms with van der Waals surface area (Å²) in [5.74, 6) is 0.139. The minimum atomic E-state index is -0.850. The molecule has 43 heavy (non-hydrogen) atoms. The third-order valence-corrected chi connectivity index (χ3v) is 8.55. The number of anilines is 1. The number of aliphatic hydroxyl groups excluding tert-OH is 1. The van der Waals surface area contributed by atoms with Gasteiger partial charge in [0.05, 0.1) is 29.0 Å². The van der Waals surface area contributed by atoms with E-state index in [1.165, 1.54) is 17.7 Å². The number of likely N-dealkylation sites (tertiary alicyclic amines) is 1. The second-order valence-electron chi connectivity index (χ2n) is 11.9. The third kappa shape index (κ3) is 6.05. The zero-order chi connectivity index (χ0) is 30.1. The molecular weight excluding hydrogens is 544 g/mol. The molecule has 2 aromatic carbocycles. The van der Waals surface area contributed by atoms with Crippen LogP contribution in [0.5, 0.6) is 5.75 Å². The normalized spacial score (nSPS) is 21.5. The van der Waals surface area contributed by atoms with Crippen molar-refractivity contribution in [2.75, 3.05) is 44.6 Å². The number of ketones is 1. The minimum absolute atomic E-state index is 0.0681. The summed E-state index contributed by atoms with van der Waals surface area (Å²) in [5.41, 5.74) is 6.22. The second kappa shape index (κ2) is 12.3. The van der Waals surface area contributed by atoms with Crippen molar-refractivity contribution in [1.82, 2.24) is 9.80 Å². The molecule has 0 bridgehead atoms. The molecule has 0 radical (unpaired) electrons. The van der Waals surface area contributed by atoms with E-state index in [0.717, 1.165) is 54.2 Å². The van der Waals surface area contributed by atoms with Crippen LogP contribution >= 0.6 is 0 Å². The zero-order valence-corrected chi connectivity index (χ0v) is 24.8. The maximum Gasteiger partial charge on any atom is 0.261 e. The summed E-state index contributed by atoms with van der Waals surface area (Å²) in [6, 6.07) is 9.42. The van der Waals surface area contributed by atoms with Crippen LogP contribution in [-0.4, -0.2) is 83.7 Å². The van der Waals surface area contributed by atoms with Crippen molar-refractivity contribution in [1.29, 1.82) is 0 Å². The molecule has 2 N–H and O–H groups in total. The highest BCUT2D eigenvalue weighted by atomic mass is 16.5. The van der Waals surface area contributed by atoms with Crippen LogP contribution in [0.1, 0.15) is 63.1 Å². The van der Waals surface area contributed by atoms with Crippen LogP contribution in [0.15, 0.2) is 58.7 Å². The maximum absolute atomic E-state index is 13.2. The van der Waals surface area contributed by atoms with E-state index in [9.17, 15) is 19.5 Å². The lowest BCUT2D eigenvalue weighted by Crippen LogP contribution is -2.33. The fourth-order valence-electron chi connectivity index (χ4n) is 6.32. The molecule has 0 unspecified atom stereocenters. The largest absolute Gasteiger partial charge is 0.491 e. The number of benzene rings is 2. The van der Waals surface area contributed by atoms with Crippen molar-refractivity contribution in [3.8, 4) is 5.75 Å². The molecule has 1 atom stereocenters. The predicted octanol–water partition coefficient (Wildman–Crippen LogP) is 4.02. The number of nitrogens with one attached hydrogen (secondary N) is 1. The van der Waals surface area contributed by atoms with Crippen molar-refractivity contribution in [2.45, 2.75) is 52.1 Å². The van der Waals surface area contributed by atoms with Crippen molar-refractivity contribution < 1.29 is 24.2 Å². The van der Waals surface area contributed by atoms with E-state index in [1.54, 1.807) is 24.3 Å². The molecule has 2 aromatic rings. The highest BCUT2D eigenvalue weighted by Crippen LogP contribution is 2.36. The Balaban J connectivity index is 1.14. The van der Waals surface area contributed by atoms with E-state index >= 15 is 0 Å². The molecule has 0 saturated carbocycles. The van der Waals surface area contributed by atoms with Crippen LogP contribution in [0, 0.1) is 13.8 Å². The van der Waals surface area contributed by atoms with Crippen molar-refractivity contribution >= 4 is 29.0 Å². The topological polar surface area (TPSA) is 112 Å². The monoisotopic (exact) mass is 582 g/mol. The number of carbonyl (C=O) groups excluding carboxylic acids is 3. The van der Waals surface area contributed by atoms with Crippen LogP contribution < -0.4 is 10.1 Å². The van der Waals surface area contributed by atoms with Crippen LogP contribution in [0.25, 0.3) is 0 Å². The molecule has 6 rings (SSSR count). The molecule has 9 nitrogen and oxygen atoms in total. The van der Waals surface area contributed by atoms with Gasteiger partial charge >= 0.3 is 0 Å². The molecule has 2 amide bonds. The Hall–Kier alpha value is -4.08. The Kier molecular flexibility index (Phi) is 8.27. The summed E-state index contributed by atoms with van der Waals surface area (Å²) < 4.78 is 5.80. The molecule has 3 heterocycles. The number of aliphatic imine (C=N–C) groups is 1. The Morgan fingerprint density at radius 1 is 1.02 bits per heavy atom. The van der Waals surface area contributed by atoms with Gasteiger partial charge in [0.25, 0.3) is 11.8 Å². The molecule has 0 aromatic heterocycles. The summed E-state index contributed by atoms with van der Waals surface area (Å²) >= 11 is 0. The maximum atomic E-state index is 13.2. The van der Waals surface area contributed by atoms with E-state index in [-0.39, 0.29) is 37.2 Å². The van der Waals surface area contributed by atoms with Crippen LogP contribution in [-0.2, 0) is 11.2 Å². The quantitative estimate of drug-likeness (QED) is 0.339. The van der Waals surface area contributed by atoms with E-state index in [2.05, 4.69) is 15.2 Å². The Labute approximate surface area is 251 Å². The first kappa shape index (κ1) is 29.0. The molecule has 1 fully saturated rings. The number of rotatable bonds is 9. The van der Waals surface area contributed by atoms with Crippen LogP contribution in [0.3, 0.4) is 0 Å². The number of nitrogens with zero attached hydrogens (tertiary/aromatic N) is 3. The summed E-state index contributed by atoms with van der Waals surface area (Å²) in [7, 11) is 0. The van der Waals surface area contributed by atoms with Gasteiger partial charge in [-0.3, -0.25) is 24.3 Å². The Morgan fingerprint density at radius 3 is 2.56 bits per heavy atom. The number of hydrogen-bond donors (Lipinski definition) is 2. The molecule has 3 aliphatic heterocycles. The van der Waals surface area contributed by atoms with E-state index in [0.29, 0.717) is 41.1 Å². The SMILES string of the molecule is Cc1ccc(OC[C@H](O)CN=C2C=CCC(=O)C2=C2Cc3cc4c(cc3N2)C(=O)N(CCCN2CCCC2)C4=O)c(C)c1. The Morgan fingerprint density at radius 2 is 1.79 bits per heavy atom. The first-order valence-electron chi connectivity index (χ1n) is 15.2. The molecule has 4 aliphatic rings. The first-order valence-corrected chi connectivity index (χ1v) is 15.2. The van der Waals surface area contributed by atoms with E-state index in [4.69, 9.17) is 4.74 Å². The number of carbonyl (C=O) groups is 3. The number of ether oxygens (including phenoxy) is 1. The zero-order valence-electron chi connectivity index (χ0n) is 24.8. The average Bonchev–Trinajstić information content (AvgIpc) is 3.70. The number of hydrogen-bond acceptors (Lipinski definition) is 8. The van der Waals surface area contributed by atoms with Gasteiger partial charge in [-0.25, -0.2) is 0 Å². The van der Waals surface area contributed by atoms with Crippen molar-refractivity contribution in [3.05, 3.63) is 81.6 Å². The molecule has 0 spiro atoms. The number of allylic oxidation sites excluding steroid dienone is 4. The smallest absolute Gasteiger partial charge is 0.261 e. The fraction of sp³-hybridized carbons (Fsp3) is 0.412. The van der Waals surface area contributed by atoms with Gasteiger partial charge in [-0.05, 0) is 88.1 Å². The van der Waals surface area contributed by atoms with E-state index in [1.807, 2.05) is 32.0 Å². The summed E-state index contributed by atoms with van der Waals surface area (Å²) in [6.45, 7) is 7.62. The standard InChI is InChI=1S/C34H38N4O5/c1-21-9-10-31(22(2)15-21)43-20-24(39)19-35-27-7-5-8-30(40)32(27)29-17-23-16-25-26(18-28(23)36-29)34(42)38(33(25)41)14-6-13-37-11-3-4-12-37/h5,7,9-10,15-16,18,24,36,39H,3-4,6,8,11-14,17,19-20H2,1-2H3/t24-/m1/s1. The summed E-state index contributed by atoms with van der Waals surface area (Å²) in [5, 5.41) is 13.9. The third-order valence-electron chi connectivity index (χ3n) is 8.55. The molecule has 9 heteroatoms. The fourth-order valence-corrected chi connectivity index (χ4v) is 6.32. The molecule has 1 aliphatic carbocycles. The molecule has 224 valence electrons. The number of fused-ring (bicyclic) bond motifs is 2. The minimum Gasteiger partial charge on any atom is -0.491 e. The van der Waals surface area contributed by atoms with Gasteiger partial charge in [-0.15, -0.1) is 0 Å². The van der Waals surface area contributed by atoms with Gasteiger partial charge in [-0.2, -0.15) is 0 Å². The lowest BCUT2D eigenvalue weighted by atomic mass is 9.94. The number of amides is 2. The summed E-state index contributed by atoms with van der Waals surface area (Å²) in [4.78, 5) is 47.8. The van der Waals surface area contributed by atoms with Crippen LogP contribution in [0.2, 0.25) is 0 Å². The van der Waals surface area contributed by atoms with Gasteiger partial charge in [0, 0.05) is 30.8 Å². The number of imide groups is 1. The lowest BCUT2D eigenvalue weighted by molar-refractivity contribution is -0.114. The molecule has 1 saturated heterocycles.